The lowest BCUT2D eigenvalue weighted by Crippen LogP contribution is -2.37. The molecule has 4 nitrogen and oxygen atoms in total. The van der Waals surface area contributed by atoms with Crippen molar-refractivity contribution >= 4 is 11.7 Å². The first-order valence-corrected chi connectivity index (χ1v) is 5.70. The molecule has 1 aromatic rings. The van der Waals surface area contributed by atoms with Crippen LogP contribution in [-0.2, 0) is 4.79 Å². The second-order valence-corrected chi connectivity index (χ2v) is 4.25. The summed E-state index contributed by atoms with van der Waals surface area (Å²) in [5.41, 5.74) is 1.10. The summed E-state index contributed by atoms with van der Waals surface area (Å²) in [5, 5.41) is 6.09. The molecule has 0 saturated carbocycles. The van der Waals surface area contributed by atoms with E-state index < -0.39 is 0 Å². The molecule has 2 heterocycles. The van der Waals surface area contributed by atoms with Crippen LogP contribution in [0.5, 0.6) is 0 Å². The SMILES string of the molecule is Cc1ccnc(NC(=O)[C@H]2CCCNC2)c1. The molecular weight excluding hydrogens is 202 g/mol. The number of nitrogens with one attached hydrogen (secondary N) is 2. The molecule has 1 atom stereocenters. The van der Waals surface area contributed by atoms with E-state index in [2.05, 4.69) is 15.6 Å². The van der Waals surface area contributed by atoms with Gasteiger partial charge in [-0.25, -0.2) is 4.98 Å². The number of rotatable bonds is 2. The fourth-order valence-corrected chi connectivity index (χ4v) is 1.91. The van der Waals surface area contributed by atoms with Gasteiger partial charge in [-0.05, 0) is 44.0 Å². The van der Waals surface area contributed by atoms with Crippen LogP contribution in [0.15, 0.2) is 18.3 Å². The predicted molar refractivity (Wildman–Crippen MR) is 63.2 cm³/mol. The van der Waals surface area contributed by atoms with Crippen molar-refractivity contribution in [1.29, 1.82) is 0 Å². The van der Waals surface area contributed by atoms with Crippen LogP contribution in [0.2, 0.25) is 0 Å². The Morgan fingerprint density at radius 2 is 2.50 bits per heavy atom. The maximum atomic E-state index is 11.9. The molecule has 1 fully saturated rings. The summed E-state index contributed by atoms with van der Waals surface area (Å²) >= 11 is 0. The molecule has 0 bridgehead atoms. The van der Waals surface area contributed by atoms with Crippen LogP contribution < -0.4 is 10.6 Å². The van der Waals surface area contributed by atoms with Gasteiger partial charge < -0.3 is 10.6 Å². The molecule has 16 heavy (non-hydrogen) atoms. The Balaban J connectivity index is 1.96. The number of anilines is 1. The minimum atomic E-state index is 0.0744. The Bertz CT molecular complexity index is 372. The van der Waals surface area contributed by atoms with Crippen molar-refractivity contribution in [3.8, 4) is 0 Å². The van der Waals surface area contributed by atoms with Gasteiger partial charge in [0.15, 0.2) is 0 Å². The number of nitrogens with zero attached hydrogens (tertiary/aromatic N) is 1. The van der Waals surface area contributed by atoms with Crippen molar-refractivity contribution in [1.82, 2.24) is 10.3 Å². The highest BCUT2D eigenvalue weighted by atomic mass is 16.2. The smallest absolute Gasteiger partial charge is 0.229 e. The summed E-state index contributed by atoms with van der Waals surface area (Å²) in [5.74, 6) is 0.803. The van der Waals surface area contributed by atoms with E-state index in [9.17, 15) is 4.79 Å². The zero-order valence-corrected chi connectivity index (χ0v) is 9.49. The largest absolute Gasteiger partial charge is 0.316 e. The van der Waals surface area contributed by atoms with Gasteiger partial charge in [0, 0.05) is 12.7 Å². The van der Waals surface area contributed by atoms with Gasteiger partial charge in [-0.2, -0.15) is 0 Å². The number of aryl methyl sites for hydroxylation is 1. The third-order valence-electron chi connectivity index (χ3n) is 2.83. The number of aromatic nitrogens is 1. The van der Waals surface area contributed by atoms with E-state index in [4.69, 9.17) is 0 Å². The van der Waals surface area contributed by atoms with Crippen molar-refractivity contribution in [2.24, 2.45) is 5.92 Å². The summed E-state index contributed by atoms with van der Waals surface area (Å²) in [6.45, 7) is 3.78. The van der Waals surface area contributed by atoms with Crippen molar-refractivity contribution in [2.45, 2.75) is 19.8 Å². The molecule has 1 saturated heterocycles. The van der Waals surface area contributed by atoms with Crippen LogP contribution in [0.1, 0.15) is 18.4 Å². The van der Waals surface area contributed by atoms with E-state index in [0.717, 1.165) is 31.5 Å². The first kappa shape index (κ1) is 11.1. The quantitative estimate of drug-likeness (QED) is 0.789. The van der Waals surface area contributed by atoms with Gasteiger partial charge >= 0.3 is 0 Å². The van der Waals surface area contributed by atoms with Crippen LogP contribution in [0.4, 0.5) is 5.82 Å². The Labute approximate surface area is 95.5 Å². The summed E-state index contributed by atoms with van der Waals surface area (Å²) in [6, 6.07) is 3.80. The van der Waals surface area contributed by atoms with Crippen LogP contribution in [0.3, 0.4) is 0 Å². The summed E-state index contributed by atoms with van der Waals surface area (Å²) in [7, 11) is 0. The lowest BCUT2D eigenvalue weighted by Gasteiger charge is -2.21. The third kappa shape index (κ3) is 2.79. The Morgan fingerprint density at radius 1 is 1.62 bits per heavy atom. The lowest BCUT2D eigenvalue weighted by molar-refractivity contribution is -0.120. The molecule has 0 aliphatic carbocycles. The van der Waals surface area contributed by atoms with Crippen molar-refractivity contribution in [3.63, 3.8) is 0 Å². The second-order valence-electron chi connectivity index (χ2n) is 4.25. The minimum absolute atomic E-state index is 0.0744. The topological polar surface area (TPSA) is 54.0 Å². The summed E-state index contributed by atoms with van der Waals surface area (Å²) in [4.78, 5) is 16.0. The molecule has 1 aliphatic heterocycles. The minimum Gasteiger partial charge on any atom is -0.316 e. The molecular formula is C12H17N3O. The maximum absolute atomic E-state index is 11.9. The number of piperidine rings is 1. The van der Waals surface area contributed by atoms with Crippen LogP contribution in [0, 0.1) is 12.8 Å². The highest BCUT2D eigenvalue weighted by molar-refractivity contribution is 5.91. The van der Waals surface area contributed by atoms with E-state index in [1.54, 1.807) is 6.20 Å². The highest BCUT2D eigenvalue weighted by Crippen LogP contribution is 2.13. The molecule has 2 rings (SSSR count). The van der Waals surface area contributed by atoms with Gasteiger partial charge in [0.25, 0.3) is 0 Å². The lowest BCUT2D eigenvalue weighted by atomic mass is 9.99. The number of hydrogen-bond donors (Lipinski definition) is 2. The molecule has 4 heteroatoms. The third-order valence-corrected chi connectivity index (χ3v) is 2.83. The van der Waals surface area contributed by atoms with Gasteiger partial charge in [0.05, 0.1) is 5.92 Å². The molecule has 1 aromatic heterocycles. The molecule has 1 aliphatic rings. The normalized spacial score (nSPS) is 20.4. The standard InChI is InChI=1S/C12H17N3O/c1-9-4-6-14-11(7-9)15-12(16)10-3-2-5-13-8-10/h4,6-7,10,13H,2-3,5,8H2,1H3,(H,14,15,16)/t10-/m0/s1. The summed E-state index contributed by atoms with van der Waals surface area (Å²) < 4.78 is 0. The van der Waals surface area contributed by atoms with Crippen molar-refractivity contribution < 1.29 is 4.79 Å². The second kappa shape index (κ2) is 5.07. The molecule has 86 valence electrons. The van der Waals surface area contributed by atoms with E-state index >= 15 is 0 Å². The molecule has 1 amide bonds. The molecule has 0 aromatic carbocycles. The molecule has 0 unspecified atom stereocenters. The summed E-state index contributed by atoms with van der Waals surface area (Å²) in [6.07, 6.45) is 3.74. The maximum Gasteiger partial charge on any atom is 0.229 e. The Morgan fingerprint density at radius 3 is 3.19 bits per heavy atom. The van der Waals surface area contributed by atoms with E-state index in [1.807, 2.05) is 19.1 Å². The Kier molecular flexibility index (Phi) is 3.51. The fourth-order valence-electron chi connectivity index (χ4n) is 1.91. The van der Waals surface area contributed by atoms with Gasteiger partial charge in [0.1, 0.15) is 5.82 Å². The van der Waals surface area contributed by atoms with Crippen LogP contribution in [-0.4, -0.2) is 24.0 Å². The van der Waals surface area contributed by atoms with E-state index in [0.29, 0.717) is 5.82 Å². The zero-order chi connectivity index (χ0) is 11.4. The highest BCUT2D eigenvalue weighted by Gasteiger charge is 2.20. The fraction of sp³-hybridized carbons (Fsp3) is 0.500. The van der Waals surface area contributed by atoms with Gasteiger partial charge in [-0.1, -0.05) is 0 Å². The van der Waals surface area contributed by atoms with Gasteiger partial charge in [-0.15, -0.1) is 0 Å². The van der Waals surface area contributed by atoms with Crippen LogP contribution in [0.25, 0.3) is 0 Å². The first-order chi connectivity index (χ1) is 7.75. The Hall–Kier alpha value is -1.42. The van der Waals surface area contributed by atoms with Gasteiger partial charge in [0.2, 0.25) is 5.91 Å². The average Bonchev–Trinajstić information content (AvgIpc) is 2.30. The monoisotopic (exact) mass is 219 g/mol. The molecule has 2 N–H and O–H groups in total. The van der Waals surface area contributed by atoms with E-state index in [1.165, 1.54) is 0 Å². The molecule has 0 radical (unpaired) electrons. The van der Waals surface area contributed by atoms with E-state index in [-0.39, 0.29) is 11.8 Å². The number of carbonyl (C=O) groups excluding carboxylic acids is 1. The predicted octanol–water partition coefficient (Wildman–Crippen LogP) is 1.33. The van der Waals surface area contributed by atoms with Crippen molar-refractivity contribution in [2.75, 3.05) is 18.4 Å². The number of amides is 1. The first-order valence-electron chi connectivity index (χ1n) is 5.70. The molecule has 0 spiro atoms. The number of pyridine rings is 1. The van der Waals surface area contributed by atoms with Crippen LogP contribution >= 0.6 is 0 Å². The number of carbonyl (C=O) groups is 1. The zero-order valence-electron chi connectivity index (χ0n) is 9.49. The average molecular weight is 219 g/mol. The van der Waals surface area contributed by atoms with Crippen molar-refractivity contribution in [3.05, 3.63) is 23.9 Å². The number of hydrogen-bond acceptors (Lipinski definition) is 3. The van der Waals surface area contributed by atoms with Gasteiger partial charge in [-0.3, -0.25) is 4.79 Å².